The van der Waals surface area contributed by atoms with E-state index in [2.05, 4.69) is 47.4 Å². The maximum Gasteiger partial charge on any atom is 0.197 e. The molecule has 3 aromatic rings. The van der Waals surface area contributed by atoms with Gasteiger partial charge in [0.2, 0.25) is 0 Å². The van der Waals surface area contributed by atoms with E-state index in [9.17, 15) is 20.4 Å². The molecule has 6 atom stereocenters. The van der Waals surface area contributed by atoms with Crippen molar-refractivity contribution in [3.05, 3.63) is 59.2 Å². The molecule has 0 spiro atoms. The maximum atomic E-state index is 11.0. The molecule has 6 nitrogen and oxygen atoms in total. The van der Waals surface area contributed by atoms with Crippen LogP contribution in [0, 0.1) is 11.8 Å². The van der Waals surface area contributed by atoms with Crippen LogP contribution in [-0.2, 0) is 6.54 Å². The molecule has 2 aromatic carbocycles. The Kier molecular flexibility index (Phi) is 5.76. The molecule has 1 saturated heterocycles. The summed E-state index contributed by atoms with van der Waals surface area (Å²) in [5, 5.41) is 45.5. The zero-order chi connectivity index (χ0) is 25.3. The van der Waals surface area contributed by atoms with E-state index >= 15 is 0 Å². The first-order valence-electron chi connectivity index (χ1n) is 14.2. The number of likely N-dealkylation sites (tertiary alicyclic amines) is 1. The van der Waals surface area contributed by atoms with Crippen molar-refractivity contribution in [3.8, 4) is 11.8 Å². The SMILES string of the molecule is Oc1c2c(c(O)n1CC1CCCC1CN1CCC(c3cccc4ccccc34)CC1)C1CC2C(O)C1O. The molecule has 196 valence electrons. The van der Waals surface area contributed by atoms with Crippen LogP contribution in [0.3, 0.4) is 0 Å². The summed E-state index contributed by atoms with van der Waals surface area (Å²) >= 11 is 0. The minimum absolute atomic E-state index is 0.104. The second kappa shape index (κ2) is 9.04. The third-order valence-electron chi connectivity index (χ3n) is 10.3. The molecule has 7 rings (SSSR count). The first-order chi connectivity index (χ1) is 18.0. The fourth-order valence-electron chi connectivity index (χ4n) is 8.34. The highest BCUT2D eigenvalue weighted by Gasteiger charge is 2.54. The van der Waals surface area contributed by atoms with E-state index in [1.54, 1.807) is 4.57 Å². The third-order valence-corrected chi connectivity index (χ3v) is 10.3. The summed E-state index contributed by atoms with van der Waals surface area (Å²) in [6, 6.07) is 15.4. The van der Waals surface area contributed by atoms with Gasteiger partial charge in [-0.3, -0.25) is 4.57 Å². The number of hydrogen-bond donors (Lipinski definition) is 4. The van der Waals surface area contributed by atoms with Crippen molar-refractivity contribution in [2.45, 2.75) is 75.0 Å². The van der Waals surface area contributed by atoms with E-state index in [-0.39, 0.29) is 23.6 Å². The molecule has 0 amide bonds. The highest BCUT2D eigenvalue weighted by Crippen LogP contribution is 2.60. The molecule has 2 heterocycles. The third kappa shape index (κ3) is 3.71. The van der Waals surface area contributed by atoms with Gasteiger partial charge in [0, 0.05) is 36.1 Å². The van der Waals surface area contributed by atoms with E-state index in [4.69, 9.17) is 0 Å². The summed E-state index contributed by atoms with van der Waals surface area (Å²) < 4.78 is 1.67. The largest absolute Gasteiger partial charge is 0.494 e. The molecule has 4 aliphatic rings. The number of benzene rings is 2. The van der Waals surface area contributed by atoms with Crippen LogP contribution in [0.1, 0.15) is 73.0 Å². The van der Waals surface area contributed by atoms with Crippen LogP contribution in [0.2, 0.25) is 0 Å². The quantitative estimate of drug-likeness (QED) is 0.408. The Labute approximate surface area is 218 Å². The Bertz CT molecular complexity index is 1270. The van der Waals surface area contributed by atoms with Gasteiger partial charge in [-0.05, 0) is 79.3 Å². The van der Waals surface area contributed by atoms with Crippen molar-refractivity contribution in [3.63, 3.8) is 0 Å². The minimum atomic E-state index is -0.852. The second-order valence-electron chi connectivity index (χ2n) is 12.1. The van der Waals surface area contributed by atoms with Crippen molar-refractivity contribution in [1.82, 2.24) is 9.47 Å². The molecule has 6 unspecified atom stereocenters. The number of piperidine rings is 1. The number of hydrogen-bond acceptors (Lipinski definition) is 5. The molecule has 6 heteroatoms. The van der Waals surface area contributed by atoms with Gasteiger partial charge in [-0.15, -0.1) is 0 Å². The number of aliphatic hydroxyl groups excluding tert-OH is 2. The Morgan fingerprint density at radius 3 is 2.05 bits per heavy atom. The summed E-state index contributed by atoms with van der Waals surface area (Å²) in [4.78, 5) is 2.63. The number of rotatable bonds is 5. The fraction of sp³-hybridized carbons (Fsp3) is 0.548. The molecule has 4 N–H and O–H groups in total. The molecule has 1 aliphatic heterocycles. The predicted octanol–water partition coefficient (Wildman–Crippen LogP) is 4.65. The Morgan fingerprint density at radius 1 is 0.730 bits per heavy atom. The maximum absolute atomic E-state index is 11.0. The highest BCUT2D eigenvalue weighted by atomic mass is 16.3. The molecule has 3 fully saturated rings. The van der Waals surface area contributed by atoms with Gasteiger partial charge >= 0.3 is 0 Å². The molecular weight excluding hydrogens is 464 g/mol. The van der Waals surface area contributed by atoms with Crippen LogP contribution in [0.4, 0.5) is 0 Å². The van der Waals surface area contributed by atoms with Gasteiger partial charge in [-0.2, -0.15) is 0 Å². The lowest BCUT2D eigenvalue weighted by atomic mass is 9.85. The Morgan fingerprint density at radius 2 is 1.35 bits per heavy atom. The molecule has 2 bridgehead atoms. The van der Waals surface area contributed by atoms with E-state index in [0.29, 0.717) is 41.8 Å². The Hall–Kier alpha value is -2.54. The number of aliphatic hydroxyl groups is 2. The van der Waals surface area contributed by atoms with Crippen molar-refractivity contribution in [2.24, 2.45) is 11.8 Å². The van der Waals surface area contributed by atoms with Gasteiger partial charge in [0.25, 0.3) is 0 Å². The first kappa shape index (κ1) is 23.6. The molecule has 37 heavy (non-hydrogen) atoms. The number of aromatic hydroxyl groups is 2. The summed E-state index contributed by atoms with van der Waals surface area (Å²) in [6.45, 7) is 3.92. The lowest BCUT2D eigenvalue weighted by Gasteiger charge is -2.35. The minimum Gasteiger partial charge on any atom is -0.494 e. The van der Waals surface area contributed by atoms with Crippen LogP contribution in [-0.4, -0.2) is 61.7 Å². The smallest absolute Gasteiger partial charge is 0.197 e. The van der Waals surface area contributed by atoms with Crippen molar-refractivity contribution in [1.29, 1.82) is 0 Å². The van der Waals surface area contributed by atoms with Crippen LogP contribution >= 0.6 is 0 Å². The van der Waals surface area contributed by atoms with Gasteiger partial charge < -0.3 is 25.3 Å². The van der Waals surface area contributed by atoms with E-state index in [1.807, 2.05) is 0 Å². The zero-order valence-corrected chi connectivity index (χ0v) is 21.3. The zero-order valence-electron chi connectivity index (χ0n) is 21.3. The average Bonchev–Trinajstić information content (AvgIpc) is 3.66. The fourth-order valence-corrected chi connectivity index (χ4v) is 8.34. The van der Waals surface area contributed by atoms with Gasteiger partial charge in [0.05, 0.1) is 12.2 Å². The molecule has 1 aromatic heterocycles. The monoisotopic (exact) mass is 502 g/mol. The average molecular weight is 503 g/mol. The van der Waals surface area contributed by atoms with Crippen LogP contribution in [0.5, 0.6) is 11.8 Å². The van der Waals surface area contributed by atoms with Crippen molar-refractivity contribution < 1.29 is 20.4 Å². The normalized spacial score (nSPS) is 31.9. The van der Waals surface area contributed by atoms with E-state index in [0.717, 1.165) is 26.1 Å². The summed E-state index contributed by atoms with van der Waals surface area (Å²) in [5.41, 5.74) is 2.84. The van der Waals surface area contributed by atoms with Gasteiger partial charge in [0.1, 0.15) is 0 Å². The van der Waals surface area contributed by atoms with Crippen molar-refractivity contribution >= 4 is 10.8 Å². The van der Waals surface area contributed by atoms with Gasteiger partial charge in [-0.25, -0.2) is 0 Å². The highest BCUT2D eigenvalue weighted by molar-refractivity contribution is 5.86. The van der Waals surface area contributed by atoms with Crippen LogP contribution in [0.25, 0.3) is 10.8 Å². The molecule has 0 radical (unpaired) electrons. The summed E-state index contributed by atoms with van der Waals surface area (Å²) in [5.74, 6) is 1.23. The first-order valence-corrected chi connectivity index (χ1v) is 14.2. The molecule has 3 aliphatic carbocycles. The summed E-state index contributed by atoms with van der Waals surface area (Å²) in [7, 11) is 0. The standard InChI is InChI=1S/C31H38N2O4/c34-28-24-15-25(29(28)35)27-26(24)30(36)33(31(27)37)17-21-8-3-7-20(21)16-32-13-11-19(12-14-32)23-10-4-6-18-5-1-2-9-22(18)23/h1-2,4-6,9-10,19-21,24-25,28-29,34-37H,3,7-8,11-17H2. The number of fused-ring (bicyclic) bond motifs is 6. The lowest BCUT2D eigenvalue weighted by Crippen LogP contribution is -2.38. The Balaban J connectivity index is 1.02. The number of nitrogens with zero attached hydrogens (tertiary/aromatic N) is 2. The summed E-state index contributed by atoms with van der Waals surface area (Å²) in [6.07, 6.45) is 4.76. The van der Waals surface area contributed by atoms with Crippen LogP contribution < -0.4 is 0 Å². The lowest BCUT2D eigenvalue weighted by molar-refractivity contribution is 0.0211. The topological polar surface area (TPSA) is 89.1 Å². The predicted molar refractivity (Wildman–Crippen MR) is 143 cm³/mol. The second-order valence-corrected chi connectivity index (χ2v) is 12.1. The van der Waals surface area contributed by atoms with Crippen LogP contribution in [0.15, 0.2) is 42.5 Å². The number of aromatic nitrogens is 1. The van der Waals surface area contributed by atoms with Crippen molar-refractivity contribution in [2.75, 3.05) is 19.6 Å². The molecular formula is C31H38N2O4. The van der Waals surface area contributed by atoms with Gasteiger partial charge in [0.15, 0.2) is 11.8 Å². The molecule has 2 saturated carbocycles. The van der Waals surface area contributed by atoms with E-state index < -0.39 is 12.2 Å². The van der Waals surface area contributed by atoms with Gasteiger partial charge in [-0.1, -0.05) is 48.9 Å². The van der Waals surface area contributed by atoms with E-state index in [1.165, 1.54) is 42.0 Å².